The average Bonchev–Trinajstić information content (AvgIpc) is 2.69. The number of para-hydroxylation sites is 1. The summed E-state index contributed by atoms with van der Waals surface area (Å²) in [4.78, 5) is 25.4. The van der Waals surface area contributed by atoms with Crippen molar-refractivity contribution < 1.29 is 13.9 Å². The molecule has 0 atom stereocenters. The molecule has 0 fully saturated rings. The van der Waals surface area contributed by atoms with Crippen LogP contribution in [0.5, 0.6) is 5.75 Å². The Bertz CT molecular complexity index is 1170. The molecule has 0 unspecified atom stereocenters. The third-order valence-corrected chi connectivity index (χ3v) is 4.31. The lowest BCUT2D eigenvalue weighted by atomic mass is 10.0. The molecule has 132 valence electrons. The number of hydrogen-bond acceptors (Lipinski definition) is 4. The minimum absolute atomic E-state index is 0.207. The van der Waals surface area contributed by atoms with Gasteiger partial charge in [-0.1, -0.05) is 60.2 Å². The van der Waals surface area contributed by atoms with E-state index in [1.54, 1.807) is 48.5 Å². The maximum absolute atomic E-state index is 12.7. The largest absolute Gasteiger partial charge is 0.422 e. The molecule has 4 heteroatoms. The first-order chi connectivity index (χ1) is 13.1. The smallest absolute Gasteiger partial charge is 0.348 e. The number of hydrogen-bond donors (Lipinski definition) is 0. The van der Waals surface area contributed by atoms with Crippen molar-refractivity contribution in [1.29, 1.82) is 0 Å². The van der Waals surface area contributed by atoms with Crippen LogP contribution >= 0.6 is 0 Å². The van der Waals surface area contributed by atoms with Crippen molar-refractivity contribution in [2.45, 2.75) is 6.92 Å². The van der Waals surface area contributed by atoms with Gasteiger partial charge in [0.2, 0.25) is 0 Å². The highest BCUT2D eigenvalue weighted by Gasteiger charge is 2.21. The van der Waals surface area contributed by atoms with Gasteiger partial charge in [0.25, 0.3) is 0 Å². The van der Waals surface area contributed by atoms with E-state index in [0.29, 0.717) is 22.1 Å². The zero-order chi connectivity index (χ0) is 18.8. The number of carbonyl (C=O) groups excluding carboxylic acids is 1. The summed E-state index contributed by atoms with van der Waals surface area (Å²) in [6, 6.07) is 23.1. The highest BCUT2D eigenvalue weighted by atomic mass is 16.5. The first-order valence-electron chi connectivity index (χ1n) is 8.53. The Morgan fingerprint density at radius 3 is 2.26 bits per heavy atom. The lowest BCUT2D eigenvalue weighted by molar-refractivity contribution is 0.0737. The molecule has 1 heterocycles. The molecule has 0 spiro atoms. The molecule has 0 N–H and O–H groups in total. The van der Waals surface area contributed by atoms with Crippen LogP contribution in [0, 0.1) is 6.92 Å². The predicted molar refractivity (Wildman–Crippen MR) is 104 cm³/mol. The Kier molecular flexibility index (Phi) is 4.30. The van der Waals surface area contributed by atoms with Gasteiger partial charge in [-0.2, -0.15) is 0 Å². The summed E-state index contributed by atoms with van der Waals surface area (Å²) in [5, 5.41) is 0.566. The van der Waals surface area contributed by atoms with E-state index < -0.39 is 11.6 Å². The van der Waals surface area contributed by atoms with Crippen LogP contribution in [-0.4, -0.2) is 5.97 Å². The number of ether oxygens (including phenoxy) is 1. The zero-order valence-corrected chi connectivity index (χ0v) is 14.6. The average molecular weight is 356 g/mol. The molecule has 1 aromatic heterocycles. The van der Waals surface area contributed by atoms with E-state index in [1.165, 1.54) is 0 Å². The molecule has 4 aromatic rings. The fraction of sp³-hybridized carbons (Fsp3) is 0.0435. The van der Waals surface area contributed by atoms with E-state index in [0.717, 1.165) is 5.56 Å². The normalized spacial score (nSPS) is 10.7. The lowest BCUT2D eigenvalue weighted by Gasteiger charge is -2.12. The minimum Gasteiger partial charge on any atom is -0.422 e. The minimum atomic E-state index is -0.549. The standard InChI is InChI=1S/C23H16O4/c1-15-11-13-17(14-12-15)22(24)27-21-18-9-5-6-10-19(18)26-23(25)20(21)16-7-3-2-4-8-16/h2-14H,1H3. The first kappa shape index (κ1) is 16.8. The maximum Gasteiger partial charge on any atom is 0.348 e. The monoisotopic (exact) mass is 356 g/mol. The molecule has 0 saturated carbocycles. The maximum atomic E-state index is 12.7. The van der Waals surface area contributed by atoms with Crippen molar-refractivity contribution in [3.05, 3.63) is 100 Å². The highest BCUT2D eigenvalue weighted by Crippen LogP contribution is 2.34. The molecule has 0 aliphatic carbocycles. The van der Waals surface area contributed by atoms with Crippen molar-refractivity contribution in [2.75, 3.05) is 0 Å². The Balaban J connectivity index is 1.90. The molecular weight excluding hydrogens is 340 g/mol. The van der Waals surface area contributed by atoms with Crippen LogP contribution in [-0.2, 0) is 0 Å². The Labute approximate surface area is 155 Å². The van der Waals surface area contributed by atoms with Crippen LogP contribution in [0.4, 0.5) is 0 Å². The topological polar surface area (TPSA) is 56.5 Å². The third kappa shape index (κ3) is 3.25. The lowest BCUT2D eigenvalue weighted by Crippen LogP contribution is -2.13. The van der Waals surface area contributed by atoms with Gasteiger partial charge in [0.05, 0.1) is 10.9 Å². The van der Waals surface area contributed by atoms with Gasteiger partial charge in [0, 0.05) is 0 Å². The van der Waals surface area contributed by atoms with Gasteiger partial charge < -0.3 is 9.15 Å². The SMILES string of the molecule is Cc1ccc(C(=O)Oc2c(-c3ccccc3)c(=O)oc3ccccc23)cc1. The number of rotatable bonds is 3. The van der Waals surface area contributed by atoms with Gasteiger partial charge in [-0.3, -0.25) is 0 Å². The number of fused-ring (bicyclic) bond motifs is 1. The van der Waals surface area contributed by atoms with Gasteiger partial charge >= 0.3 is 11.6 Å². The number of carbonyl (C=O) groups is 1. The van der Waals surface area contributed by atoms with Crippen LogP contribution in [0.2, 0.25) is 0 Å². The quantitative estimate of drug-likeness (QED) is 0.383. The van der Waals surface area contributed by atoms with Crippen LogP contribution in [0.3, 0.4) is 0 Å². The van der Waals surface area contributed by atoms with Crippen molar-refractivity contribution in [3.63, 3.8) is 0 Å². The fourth-order valence-corrected chi connectivity index (χ4v) is 2.92. The second-order valence-electron chi connectivity index (χ2n) is 6.21. The first-order valence-corrected chi connectivity index (χ1v) is 8.53. The van der Waals surface area contributed by atoms with Crippen LogP contribution < -0.4 is 10.4 Å². The molecule has 0 saturated heterocycles. The Morgan fingerprint density at radius 1 is 0.852 bits per heavy atom. The second-order valence-corrected chi connectivity index (χ2v) is 6.21. The summed E-state index contributed by atoms with van der Waals surface area (Å²) < 4.78 is 11.2. The third-order valence-electron chi connectivity index (χ3n) is 4.31. The van der Waals surface area contributed by atoms with E-state index >= 15 is 0 Å². The van der Waals surface area contributed by atoms with Crippen molar-refractivity contribution in [2.24, 2.45) is 0 Å². The molecular formula is C23H16O4. The summed E-state index contributed by atoms with van der Waals surface area (Å²) in [6.07, 6.45) is 0. The van der Waals surface area contributed by atoms with Crippen molar-refractivity contribution >= 4 is 16.9 Å². The number of esters is 1. The van der Waals surface area contributed by atoms with Gasteiger partial charge in [-0.05, 0) is 36.8 Å². The summed E-state index contributed by atoms with van der Waals surface area (Å²) in [5.74, 6) is -0.318. The van der Waals surface area contributed by atoms with Crippen molar-refractivity contribution in [3.8, 4) is 16.9 Å². The summed E-state index contributed by atoms with van der Waals surface area (Å²) in [7, 11) is 0. The number of aryl methyl sites for hydroxylation is 1. The van der Waals surface area contributed by atoms with Gasteiger partial charge in [0.15, 0.2) is 5.75 Å². The Morgan fingerprint density at radius 2 is 1.52 bits per heavy atom. The second kappa shape index (κ2) is 6.92. The van der Waals surface area contributed by atoms with Crippen LogP contribution in [0.25, 0.3) is 22.1 Å². The molecule has 0 aliphatic rings. The molecule has 0 bridgehead atoms. The van der Waals surface area contributed by atoms with E-state index in [1.807, 2.05) is 37.3 Å². The molecule has 4 rings (SSSR count). The van der Waals surface area contributed by atoms with Crippen molar-refractivity contribution in [1.82, 2.24) is 0 Å². The van der Waals surface area contributed by atoms with Gasteiger partial charge in [-0.15, -0.1) is 0 Å². The highest BCUT2D eigenvalue weighted by molar-refractivity contribution is 5.97. The summed E-state index contributed by atoms with van der Waals surface area (Å²) in [6.45, 7) is 1.94. The molecule has 0 amide bonds. The fourth-order valence-electron chi connectivity index (χ4n) is 2.92. The van der Waals surface area contributed by atoms with E-state index in [-0.39, 0.29) is 11.3 Å². The summed E-state index contributed by atoms with van der Waals surface area (Å²) in [5.41, 5.74) is 2.14. The summed E-state index contributed by atoms with van der Waals surface area (Å²) >= 11 is 0. The molecule has 27 heavy (non-hydrogen) atoms. The van der Waals surface area contributed by atoms with E-state index in [4.69, 9.17) is 9.15 Å². The molecule has 0 radical (unpaired) electrons. The molecule has 3 aromatic carbocycles. The van der Waals surface area contributed by atoms with E-state index in [2.05, 4.69) is 0 Å². The van der Waals surface area contributed by atoms with Gasteiger partial charge in [0.1, 0.15) is 11.1 Å². The number of benzene rings is 3. The van der Waals surface area contributed by atoms with E-state index in [9.17, 15) is 9.59 Å². The molecule has 4 nitrogen and oxygen atoms in total. The Hall–Kier alpha value is -3.66. The predicted octanol–water partition coefficient (Wildman–Crippen LogP) is 4.99. The molecule has 0 aliphatic heterocycles. The van der Waals surface area contributed by atoms with Crippen LogP contribution in [0.1, 0.15) is 15.9 Å². The van der Waals surface area contributed by atoms with Gasteiger partial charge in [-0.25, -0.2) is 9.59 Å². The van der Waals surface area contributed by atoms with Crippen LogP contribution in [0.15, 0.2) is 88.1 Å². The zero-order valence-electron chi connectivity index (χ0n) is 14.6.